The molecule has 0 N–H and O–H groups in total. The monoisotopic (exact) mass is 1040 g/mol. The third kappa shape index (κ3) is 8.35. The van der Waals surface area contributed by atoms with E-state index in [1.807, 2.05) is 106 Å². The average Bonchev–Trinajstić information content (AvgIpc) is 4.24. The highest BCUT2D eigenvalue weighted by molar-refractivity contribution is 6.13. The van der Waals surface area contributed by atoms with E-state index in [4.69, 9.17) is 0 Å². The summed E-state index contributed by atoms with van der Waals surface area (Å²) in [4.78, 5) is 0. The van der Waals surface area contributed by atoms with Crippen molar-refractivity contribution in [2.45, 2.75) is 0 Å². The number of nitrogens with zero attached hydrogens (tertiary/aromatic N) is 12. The van der Waals surface area contributed by atoms with Crippen LogP contribution in [0.4, 0.5) is 0 Å². The lowest BCUT2D eigenvalue weighted by Gasteiger charge is -2.19. The molecule has 12 nitrogen and oxygen atoms in total. The lowest BCUT2D eigenvalue weighted by Crippen LogP contribution is -2.06. The minimum absolute atomic E-state index is 0.190. The van der Waals surface area contributed by atoms with Crippen molar-refractivity contribution in [1.29, 1.82) is 52.6 Å². The summed E-state index contributed by atoms with van der Waals surface area (Å²) in [5.74, 6) is 0. The SMILES string of the molecule is N#Cc1cc(C#N)cc(-c2ccc3c4ccc(-c5cc(C#N)cc(C#N)c5)cc4n(-c4cc(-c5ccccc5C#N)cc(-n5c6cc(-c7cc(C#N)cc(C#N)c7)ccc6c6ccc(-c7cc(C#N)cc(C#N)c7)cc65)c4C#N)c3c2)c1. The van der Waals surface area contributed by atoms with Gasteiger partial charge in [0.15, 0.2) is 0 Å². The summed E-state index contributed by atoms with van der Waals surface area (Å²) in [5, 5.41) is 106. The molecular formula is C70H30N12. The zero-order chi connectivity index (χ0) is 56.8. The van der Waals surface area contributed by atoms with Gasteiger partial charge in [-0.3, -0.25) is 0 Å². The van der Waals surface area contributed by atoms with Gasteiger partial charge in [-0.25, -0.2) is 0 Å². The molecule has 0 aliphatic carbocycles. The van der Waals surface area contributed by atoms with Crippen LogP contribution in [0.5, 0.6) is 0 Å². The molecule has 0 aliphatic heterocycles. The van der Waals surface area contributed by atoms with Crippen molar-refractivity contribution in [3.63, 3.8) is 0 Å². The molecule has 12 aromatic rings. The zero-order valence-corrected chi connectivity index (χ0v) is 42.7. The van der Waals surface area contributed by atoms with E-state index in [-0.39, 0.29) is 5.56 Å². The number of nitriles is 10. The molecule has 82 heavy (non-hydrogen) atoms. The zero-order valence-electron chi connectivity index (χ0n) is 42.7. The Morgan fingerprint density at radius 1 is 0.232 bits per heavy atom. The van der Waals surface area contributed by atoms with Crippen LogP contribution in [-0.2, 0) is 0 Å². The molecule has 370 valence electrons. The van der Waals surface area contributed by atoms with Gasteiger partial charge in [-0.15, -0.1) is 0 Å². The van der Waals surface area contributed by atoms with E-state index in [0.29, 0.717) is 139 Å². The summed E-state index contributed by atoms with van der Waals surface area (Å²) >= 11 is 0. The van der Waals surface area contributed by atoms with Crippen LogP contribution in [0.15, 0.2) is 182 Å². The van der Waals surface area contributed by atoms with Crippen LogP contribution < -0.4 is 0 Å². The predicted octanol–water partition coefficient (Wildman–Crippen LogP) is 14.9. The van der Waals surface area contributed by atoms with Gasteiger partial charge in [-0.05, 0) is 171 Å². The Bertz CT molecular complexity index is 4620. The number of hydrogen-bond acceptors (Lipinski definition) is 10. The second-order valence-corrected chi connectivity index (χ2v) is 19.3. The summed E-state index contributed by atoms with van der Waals surface area (Å²) in [6.07, 6.45) is 0. The molecule has 0 spiro atoms. The van der Waals surface area contributed by atoms with Gasteiger partial charge < -0.3 is 9.13 Å². The van der Waals surface area contributed by atoms with Crippen molar-refractivity contribution in [3.05, 3.63) is 238 Å². The van der Waals surface area contributed by atoms with E-state index in [1.54, 1.807) is 60.7 Å². The van der Waals surface area contributed by atoms with Crippen LogP contribution in [0.1, 0.15) is 55.6 Å². The van der Waals surface area contributed by atoms with Crippen molar-refractivity contribution in [1.82, 2.24) is 9.13 Å². The highest BCUT2D eigenvalue weighted by atomic mass is 15.0. The molecule has 2 aromatic heterocycles. The van der Waals surface area contributed by atoms with Crippen molar-refractivity contribution in [2.75, 3.05) is 0 Å². The summed E-state index contributed by atoms with van der Waals surface area (Å²) in [7, 11) is 0. The Labute approximate surface area is 468 Å². The van der Waals surface area contributed by atoms with Crippen LogP contribution >= 0.6 is 0 Å². The molecule has 0 radical (unpaired) electrons. The fourth-order valence-corrected chi connectivity index (χ4v) is 11.0. The van der Waals surface area contributed by atoms with E-state index >= 15 is 0 Å². The van der Waals surface area contributed by atoms with Crippen molar-refractivity contribution < 1.29 is 0 Å². The summed E-state index contributed by atoms with van der Waals surface area (Å²) in [6.45, 7) is 0. The average molecular weight is 1040 g/mol. The Morgan fingerprint density at radius 2 is 0.512 bits per heavy atom. The van der Waals surface area contributed by atoms with Crippen LogP contribution in [0, 0.1) is 113 Å². The summed E-state index contributed by atoms with van der Waals surface area (Å²) in [5.41, 5.74) is 12.4. The molecule has 0 bridgehead atoms. The van der Waals surface area contributed by atoms with Gasteiger partial charge in [-0.1, -0.05) is 66.7 Å². The Morgan fingerprint density at radius 3 is 0.768 bits per heavy atom. The van der Waals surface area contributed by atoms with Gasteiger partial charge in [0, 0.05) is 21.5 Å². The number of benzene rings is 10. The molecule has 0 unspecified atom stereocenters. The second kappa shape index (κ2) is 20.0. The maximum atomic E-state index is 12.1. The minimum atomic E-state index is 0.190. The maximum Gasteiger partial charge on any atom is 0.104 e. The van der Waals surface area contributed by atoms with Crippen molar-refractivity contribution in [3.8, 4) is 128 Å². The Hall–Kier alpha value is -13.3. The first-order valence-electron chi connectivity index (χ1n) is 25.2. The highest BCUT2D eigenvalue weighted by Gasteiger charge is 2.25. The minimum Gasteiger partial charge on any atom is -0.308 e. The topological polar surface area (TPSA) is 248 Å². The number of hydrogen-bond donors (Lipinski definition) is 0. The quantitative estimate of drug-likeness (QED) is 0.146. The van der Waals surface area contributed by atoms with Gasteiger partial charge in [0.25, 0.3) is 0 Å². The molecule has 12 heteroatoms. The molecule has 0 atom stereocenters. The molecule has 0 saturated heterocycles. The Kier molecular flexibility index (Phi) is 12.1. The number of fused-ring (bicyclic) bond motifs is 6. The van der Waals surface area contributed by atoms with Gasteiger partial charge >= 0.3 is 0 Å². The van der Waals surface area contributed by atoms with Crippen LogP contribution in [0.3, 0.4) is 0 Å². The number of aromatic nitrogens is 2. The van der Waals surface area contributed by atoms with Crippen molar-refractivity contribution in [2.24, 2.45) is 0 Å². The first kappa shape index (κ1) is 49.6. The number of rotatable bonds is 7. The molecule has 0 amide bonds. The van der Waals surface area contributed by atoms with Crippen LogP contribution in [0.25, 0.3) is 111 Å². The van der Waals surface area contributed by atoms with Crippen molar-refractivity contribution >= 4 is 43.6 Å². The molecule has 2 heterocycles. The van der Waals surface area contributed by atoms with E-state index < -0.39 is 0 Å². The molecule has 10 aromatic carbocycles. The lowest BCUT2D eigenvalue weighted by atomic mass is 9.96. The third-order valence-electron chi connectivity index (χ3n) is 14.7. The summed E-state index contributed by atoms with van der Waals surface area (Å²) in [6, 6.07) is 76.3. The van der Waals surface area contributed by atoms with Gasteiger partial charge in [0.2, 0.25) is 0 Å². The lowest BCUT2D eigenvalue weighted by molar-refractivity contribution is 1.12. The predicted molar refractivity (Wildman–Crippen MR) is 309 cm³/mol. The molecule has 0 aliphatic rings. The van der Waals surface area contributed by atoms with Gasteiger partial charge in [0.1, 0.15) is 11.6 Å². The third-order valence-corrected chi connectivity index (χ3v) is 14.7. The van der Waals surface area contributed by atoms with Crippen LogP contribution in [-0.4, -0.2) is 9.13 Å². The molecule has 0 saturated carbocycles. The maximum absolute atomic E-state index is 12.1. The second-order valence-electron chi connectivity index (χ2n) is 19.3. The van der Waals surface area contributed by atoms with E-state index in [1.165, 1.54) is 24.3 Å². The largest absolute Gasteiger partial charge is 0.308 e. The first-order chi connectivity index (χ1) is 40.1. The van der Waals surface area contributed by atoms with Gasteiger partial charge in [-0.2, -0.15) is 52.6 Å². The van der Waals surface area contributed by atoms with E-state index in [0.717, 1.165) is 21.5 Å². The normalized spacial score (nSPS) is 10.6. The fourth-order valence-electron chi connectivity index (χ4n) is 11.0. The molecule has 0 fully saturated rings. The van der Waals surface area contributed by atoms with E-state index in [2.05, 4.69) is 60.7 Å². The first-order valence-corrected chi connectivity index (χ1v) is 25.2. The molecule has 12 rings (SSSR count). The Balaban J connectivity index is 1.25. The standard InChI is InChI=1S/C70H30N12/c71-31-41-13-42(32-72)18-54(17-41)49-5-9-60-61-10-6-50(55-19-43(33-73)14-44(20-55)34-74)26-66(61)81(65(60)25-49)69-29-58(59-4-2-1-3-53(59)39-79)30-70(64(69)40-80)82-67-27-51(56-21-45(35-75)15-46(22-56)36-76)7-11-62(67)63-12-8-52(28-68(63)82)57-23-47(37-77)16-48(24-57)38-78/h1-30H. The fraction of sp³-hybridized carbons (Fsp3) is 0. The smallest absolute Gasteiger partial charge is 0.104 e. The summed E-state index contributed by atoms with van der Waals surface area (Å²) < 4.78 is 3.96. The van der Waals surface area contributed by atoms with Crippen LogP contribution in [0.2, 0.25) is 0 Å². The van der Waals surface area contributed by atoms with E-state index in [9.17, 15) is 52.6 Å². The van der Waals surface area contributed by atoms with Gasteiger partial charge in [0.05, 0.1) is 138 Å². The molecular weight excluding hydrogens is 1010 g/mol. The highest BCUT2D eigenvalue weighted by Crippen LogP contribution is 2.44.